The van der Waals surface area contributed by atoms with Crippen molar-refractivity contribution in [2.45, 2.75) is 6.17 Å². The summed E-state index contributed by atoms with van der Waals surface area (Å²) in [5.41, 5.74) is 12.1. The summed E-state index contributed by atoms with van der Waals surface area (Å²) < 4.78 is 15.1. The van der Waals surface area contributed by atoms with Gasteiger partial charge in [-0.15, -0.1) is 0 Å². The average Bonchev–Trinajstić information content (AvgIpc) is 3.95. The average molecular weight is 733 g/mol. The van der Waals surface area contributed by atoms with E-state index in [0.29, 0.717) is 5.84 Å². The van der Waals surface area contributed by atoms with Crippen molar-refractivity contribution in [1.82, 2.24) is 9.88 Å². The third kappa shape index (κ3) is 5.04. The Morgan fingerprint density at radius 3 is 1.96 bits per heavy atom. The van der Waals surface area contributed by atoms with Gasteiger partial charge in [-0.1, -0.05) is 121 Å². The van der Waals surface area contributed by atoms with Gasteiger partial charge in [0.2, 0.25) is 0 Å². The molecule has 0 fully saturated rings. The van der Waals surface area contributed by atoms with Crippen LogP contribution in [-0.2, 0) is 0 Å². The van der Waals surface area contributed by atoms with Crippen LogP contribution in [0, 0.1) is 0 Å². The summed E-state index contributed by atoms with van der Waals surface area (Å²) in [4.78, 5) is 10.2. The summed E-state index contributed by atoms with van der Waals surface area (Å²) in [6.45, 7) is 0. The fraction of sp³-hybridized carbons (Fsp3) is 0.0196. The Kier molecular flexibility index (Phi) is 6.89. The molecule has 1 aliphatic heterocycles. The third-order valence-corrected chi connectivity index (χ3v) is 11.3. The van der Waals surface area contributed by atoms with Crippen molar-refractivity contribution >= 4 is 77.4 Å². The van der Waals surface area contributed by atoms with Crippen molar-refractivity contribution in [2.24, 2.45) is 9.98 Å². The van der Waals surface area contributed by atoms with Gasteiger partial charge < -0.3 is 18.7 Å². The van der Waals surface area contributed by atoms with E-state index >= 15 is 0 Å². The normalized spacial score (nSPS) is 14.5. The van der Waals surface area contributed by atoms with E-state index in [1.165, 1.54) is 10.8 Å². The number of nitrogens with zero attached hydrogens (tertiary/aromatic N) is 3. The summed E-state index contributed by atoms with van der Waals surface area (Å²) in [5, 5.41) is 10.4. The van der Waals surface area contributed by atoms with Gasteiger partial charge in [0.15, 0.2) is 5.84 Å². The van der Waals surface area contributed by atoms with E-state index in [2.05, 4.69) is 131 Å². The number of furan rings is 2. The van der Waals surface area contributed by atoms with Crippen LogP contribution in [0.15, 0.2) is 201 Å². The first-order valence-corrected chi connectivity index (χ1v) is 19.2. The van der Waals surface area contributed by atoms with Crippen LogP contribution in [0.2, 0.25) is 0 Å². The van der Waals surface area contributed by atoms with Crippen LogP contribution in [0.5, 0.6) is 0 Å². The van der Waals surface area contributed by atoms with E-state index in [4.69, 9.17) is 18.8 Å². The first-order valence-electron chi connectivity index (χ1n) is 19.2. The molecule has 0 amide bonds. The fourth-order valence-corrected chi connectivity index (χ4v) is 8.61. The lowest BCUT2D eigenvalue weighted by Gasteiger charge is -2.24. The maximum Gasteiger partial charge on any atom is 0.159 e. The van der Waals surface area contributed by atoms with Crippen LogP contribution >= 0.6 is 0 Å². The van der Waals surface area contributed by atoms with Gasteiger partial charge >= 0.3 is 0 Å². The summed E-state index contributed by atoms with van der Waals surface area (Å²) in [5.74, 6) is 1.47. The SMILES string of the molecule is c1ccc(C2=NC(c3cccc4oc5cc(-n6c7ccccc7c7cc(-c8ccc9oc%10ccccc%10c9c8)ccc76)ccc5c34)NC(c3ccccc3)=N2)cc1. The molecule has 1 N–H and O–H groups in total. The Morgan fingerprint density at radius 2 is 1.11 bits per heavy atom. The van der Waals surface area contributed by atoms with Gasteiger partial charge in [0.25, 0.3) is 0 Å². The molecule has 0 spiro atoms. The Labute approximate surface area is 326 Å². The van der Waals surface area contributed by atoms with Crippen LogP contribution in [0.1, 0.15) is 22.9 Å². The van der Waals surface area contributed by atoms with Gasteiger partial charge in [0, 0.05) is 60.8 Å². The predicted molar refractivity (Wildman–Crippen MR) is 233 cm³/mol. The zero-order chi connectivity index (χ0) is 37.5. The molecule has 11 aromatic rings. The van der Waals surface area contributed by atoms with E-state index in [1.54, 1.807) is 0 Å². The molecule has 4 heterocycles. The third-order valence-electron chi connectivity index (χ3n) is 11.3. The van der Waals surface area contributed by atoms with E-state index in [0.717, 1.165) is 94.3 Å². The molecule has 1 aliphatic rings. The largest absolute Gasteiger partial charge is 0.456 e. The lowest BCUT2D eigenvalue weighted by molar-refractivity contribution is 0.662. The van der Waals surface area contributed by atoms with E-state index in [1.807, 2.05) is 60.7 Å². The molecular weight excluding hydrogens is 701 g/mol. The van der Waals surface area contributed by atoms with Crippen LogP contribution < -0.4 is 5.32 Å². The predicted octanol–water partition coefficient (Wildman–Crippen LogP) is 12.7. The van der Waals surface area contributed by atoms with Crippen LogP contribution in [0.3, 0.4) is 0 Å². The molecule has 0 aliphatic carbocycles. The maximum absolute atomic E-state index is 6.68. The van der Waals surface area contributed by atoms with Gasteiger partial charge in [0.05, 0.1) is 11.0 Å². The first-order chi connectivity index (χ1) is 28.2. The molecule has 8 aromatic carbocycles. The highest BCUT2D eigenvalue weighted by molar-refractivity contribution is 6.15. The van der Waals surface area contributed by atoms with Gasteiger partial charge in [-0.2, -0.15) is 0 Å². The van der Waals surface area contributed by atoms with Gasteiger partial charge in [-0.05, 0) is 65.7 Å². The van der Waals surface area contributed by atoms with E-state index < -0.39 is 0 Å². The van der Waals surface area contributed by atoms with Crippen molar-refractivity contribution in [2.75, 3.05) is 0 Å². The summed E-state index contributed by atoms with van der Waals surface area (Å²) >= 11 is 0. The Hall–Kier alpha value is -7.70. The van der Waals surface area contributed by atoms with Crippen molar-refractivity contribution in [1.29, 1.82) is 0 Å². The second-order valence-corrected chi connectivity index (χ2v) is 14.6. The lowest BCUT2D eigenvalue weighted by atomic mass is 10.0. The number of rotatable bonds is 5. The minimum atomic E-state index is -0.378. The quantitative estimate of drug-likeness (QED) is 0.192. The molecular formula is C51H32N4O2. The van der Waals surface area contributed by atoms with Crippen molar-refractivity contribution in [3.8, 4) is 16.8 Å². The molecule has 0 saturated carbocycles. The van der Waals surface area contributed by atoms with Gasteiger partial charge in [-0.3, -0.25) is 0 Å². The number of nitrogens with one attached hydrogen (secondary N) is 1. The number of hydrogen-bond donors (Lipinski definition) is 1. The van der Waals surface area contributed by atoms with Crippen molar-refractivity contribution < 1.29 is 8.83 Å². The highest BCUT2D eigenvalue weighted by Gasteiger charge is 2.25. The van der Waals surface area contributed by atoms with E-state index in [-0.39, 0.29) is 6.17 Å². The van der Waals surface area contributed by atoms with E-state index in [9.17, 15) is 0 Å². The number of fused-ring (bicyclic) bond motifs is 9. The first kappa shape index (κ1) is 31.6. The molecule has 1 unspecified atom stereocenters. The molecule has 0 radical (unpaired) electrons. The molecule has 12 rings (SSSR count). The number of hydrogen-bond acceptors (Lipinski definition) is 5. The Morgan fingerprint density at radius 1 is 0.439 bits per heavy atom. The second kappa shape index (κ2) is 12.4. The topological polar surface area (TPSA) is 68.0 Å². The van der Waals surface area contributed by atoms with Crippen LogP contribution in [0.25, 0.3) is 82.5 Å². The van der Waals surface area contributed by atoms with Crippen LogP contribution in [-0.4, -0.2) is 16.2 Å². The molecule has 0 bridgehead atoms. The van der Waals surface area contributed by atoms with Gasteiger partial charge in [-0.25, -0.2) is 9.98 Å². The minimum absolute atomic E-state index is 0.378. The molecule has 3 aromatic heterocycles. The molecule has 6 heteroatoms. The fourth-order valence-electron chi connectivity index (χ4n) is 8.61. The van der Waals surface area contributed by atoms with Gasteiger partial charge in [0.1, 0.15) is 34.3 Å². The molecule has 268 valence electrons. The zero-order valence-corrected chi connectivity index (χ0v) is 30.6. The monoisotopic (exact) mass is 732 g/mol. The van der Waals surface area contributed by atoms with Crippen molar-refractivity contribution in [3.63, 3.8) is 0 Å². The Bertz CT molecular complexity index is 3440. The zero-order valence-electron chi connectivity index (χ0n) is 30.6. The molecule has 1 atom stereocenters. The minimum Gasteiger partial charge on any atom is -0.456 e. The summed E-state index contributed by atoms with van der Waals surface area (Å²) in [6, 6.07) is 63.3. The van der Waals surface area contributed by atoms with Crippen LogP contribution in [0.4, 0.5) is 0 Å². The molecule has 0 saturated heterocycles. The lowest BCUT2D eigenvalue weighted by Crippen LogP contribution is -2.33. The highest BCUT2D eigenvalue weighted by atomic mass is 16.3. The number of aromatic nitrogens is 1. The highest BCUT2D eigenvalue weighted by Crippen LogP contribution is 2.40. The molecule has 57 heavy (non-hydrogen) atoms. The van der Waals surface area contributed by atoms with Crippen molar-refractivity contribution in [3.05, 3.63) is 199 Å². The smallest absolute Gasteiger partial charge is 0.159 e. The standard InChI is InChI=1S/C51H32N4O2/c1-3-12-31(13-4-1)49-52-50(32-14-5-2-6-15-32)54-51(53-49)39-18-11-21-46-48(39)38-25-24-35(30-47(38)57-46)55-42-19-9-7-16-36(42)40-28-33(22-26-43(40)55)34-23-27-45-41(29-34)37-17-8-10-20-44(37)56-45/h1-30,51H,(H,52,53,54). The number of amidine groups is 2. The Balaban J connectivity index is 0.978. The number of aliphatic imine (C=N–C) groups is 2. The maximum atomic E-state index is 6.68. The summed E-state index contributed by atoms with van der Waals surface area (Å²) in [7, 11) is 0. The number of benzene rings is 8. The summed E-state index contributed by atoms with van der Waals surface area (Å²) in [6.07, 6.45) is -0.378. The second-order valence-electron chi connectivity index (χ2n) is 14.6. The number of para-hydroxylation sites is 2. The molecule has 6 nitrogen and oxygen atoms in total.